The molecule has 0 bridgehead atoms. The molecular formula is C24H20Cl3F3N6O5S. The van der Waals surface area contributed by atoms with Crippen molar-refractivity contribution in [2.24, 2.45) is 10.7 Å². The molecule has 2 amide bonds. The third-order valence-corrected chi connectivity index (χ3v) is 7.33. The summed E-state index contributed by atoms with van der Waals surface area (Å²) in [5.74, 6) is -2.91. The Labute approximate surface area is 255 Å². The number of carboxylic acids is 1. The minimum atomic E-state index is -5.08. The van der Waals surface area contributed by atoms with Crippen LogP contribution in [0.1, 0.15) is 25.6 Å². The van der Waals surface area contributed by atoms with E-state index in [1.807, 2.05) is 4.90 Å². The monoisotopic (exact) mass is 666 g/mol. The Morgan fingerprint density at radius 1 is 1.14 bits per heavy atom. The molecule has 0 unspecified atom stereocenters. The van der Waals surface area contributed by atoms with Crippen molar-refractivity contribution in [3.05, 3.63) is 66.9 Å². The summed E-state index contributed by atoms with van der Waals surface area (Å²) in [4.78, 5) is 45.5. The predicted octanol–water partition coefficient (Wildman–Crippen LogP) is 5.38. The molecule has 42 heavy (non-hydrogen) atoms. The van der Waals surface area contributed by atoms with Gasteiger partial charge in [0, 0.05) is 35.9 Å². The maximum atomic E-state index is 13.2. The number of carbonyl (C=O) groups excluding carboxylic acids is 2. The molecule has 3 heterocycles. The number of hydrogen-bond acceptors (Lipinski definition) is 9. The predicted molar refractivity (Wildman–Crippen MR) is 153 cm³/mol. The number of aliphatic imine (C=N–C) groups is 1. The summed E-state index contributed by atoms with van der Waals surface area (Å²) in [5.41, 5.74) is 6.84. The zero-order valence-corrected chi connectivity index (χ0v) is 24.3. The van der Waals surface area contributed by atoms with Gasteiger partial charge >= 0.3 is 12.1 Å². The lowest BCUT2D eigenvalue weighted by Crippen LogP contribution is -2.33. The average Bonchev–Trinajstić information content (AvgIpc) is 3.50. The highest BCUT2D eigenvalue weighted by Gasteiger charge is 2.38. The highest BCUT2D eigenvalue weighted by molar-refractivity contribution is 7.13. The number of aliphatic carboxylic acids is 1. The Balaban J connectivity index is 0.000000616. The van der Waals surface area contributed by atoms with Gasteiger partial charge in [-0.2, -0.15) is 13.2 Å². The second kappa shape index (κ2) is 13.9. The van der Waals surface area contributed by atoms with Gasteiger partial charge in [-0.1, -0.05) is 34.8 Å². The SMILES string of the molecule is COc1cc(Cl)cc(C(=O)Nc2ccc(Cl)cn2)c1NC(=O)c1scc(CN2CCN=C2N)c1Cl.O=C(O)C(F)(F)F. The molecular weight excluding hydrogens is 648 g/mol. The Morgan fingerprint density at radius 2 is 1.83 bits per heavy atom. The van der Waals surface area contributed by atoms with E-state index in [-0.39, 0.29) is 32.7 Å². The van der Waals surface area contributed by atoms with E-state index >= 15 is 0 Å². The number of benzene rings is 1. The van der Waals surface area contributed by atoms with E-state index in [0.717, 1.165) is 5.56 Å². The Bertz CT molecular complexity index is 1520. The summed E-state index contributed by atoms with van der Waals surface area (Å²) in [5, 5.41) is 15.3. The highest BCUT2D eigenvalue weighted by Crippen LogP contribution is 2.35. The van der Waals surface area contributed by atoms with Crippen LogP contribution in [-0.4, -0.2) is 65.1 Å². The standard InChI is InChI=1S/C22H19Cl3N6O3S.C2HF3O2/c1-34-15-7-13(24)6-14(20(32)29-16-3-2-12(23)8-28-16)18(15)30-21(33)19-17(25)11(10-35-19)9-31-5-4-27-22(31)26;3-2(4,5)1(6)7/h2-3,6-8,10H,4-5,9H2,1H3,(H2,26,27)(H,30,33)(H,28,29,32);(H,6,7). The number of aromatic nitrogens is 1. The summed E-state index contributed by atoms with van der Waals surface area (Å²) in [7, 11) is 1.40. The first-order valence-corrected chi connectivity index (χ1v) is 13.4. The van der Waals surface area contributed by atoms with Gasteiger partial charge in [-0.05, 0) is 23.6 Å². The molecule has 0 radical (unpaired) electrons. The summed E-state index contributed by atoms with van der Waals surface area (Å²) in [6, 6.07) is 6.04. The number of nitrogens with two attached hydrogens (primary N) is 1. The number of hydrogen-bond donors (Lipinski definition) is 4. The number of thiophene rings is 1. The number of nitrogens with zero attached hydrogens (tertiary/aromatic N) is 3. The summed E-state index contributed by atoms with van der Waals surface area (Å²) >= 11 is 19.8. The molecule has 3 aromatic rings. The Hall–Kier alpha value is -3.79. The normalized spacial score (nSPS) is 12.6. The van der Waals surface area contributed by atoms with Gasteiger partial charge in [-0.15, -0.1) is 11.3 Å². The maximum absolute atomic E-state index is 13.2. The topological polar surface area (TPSA) is 159 Å². The number of alkyl halides is 3. The van der Waals surface area contributed by atoms with Crippen molar-refractivity contribution in [2.45, 2.75) is 12.7 Å². The molecule has 224 valence electrons. The number of anilines is 2. The van der Waals surface area contributed by atoms with Crippen LogP contribution in [0.25, 0.3) is 0 Å². The van der Waals surface area contributed by atoms with Crippen molar-refractivity contribution in [3.63, 3.8) is 0 Å². The molecule has 1 aliphatic heterocycles. The first-order chi connectivity index (χ1) is 19.7. The molecule has 1 aliphatic rings. The van der Waals surface area contributed by atoms with E-state index in [0.29, 0.717) is 35.6 Å². The van der Waals surface area contributed by atoms with Crippen LogP contribution in [-0.2, 0) is 11.3 Å². The number of carboxylic acid groups (broad SMARTS) is 1. The molecule has 5 N–H and O–H groups in total. The quantitative estimate of drug-likeness (QED) is 0.261. The fraction of sp³-hybridized carbons (Fsp3) is 0.208. The fourth-order valence-corrected chi connectivity index (χ4v) is 4.92. The summed E-state index contributed by atoms with van der Waals surface area (Å²) in [6.45, 7) is 1.74. The second-order valence-corrected chi connectivity index (χ2v) is 10.3. The van der Waals surface area contributed by atoms with Crippen LogP contribution >= 0.6 is 46.1 Å². The number of pyridine rings is 1. The first-order valence-electron chi connectivity index (χ1n) is 11.4. The third-order valence-electron chi connectivity index (χ3n) is 5.32. The van der Waals surface area contributed by atoms with E-state index < -0.39 is 24.0 Å². The van der Waals surface area contributed by atoms with Gasteiger partial charge in [0.1, 0.15) is 16.4 Å². The molecule has 0 atom stereocenters. The van der Waals surface area contributed by atoms with E-state index in [9.17, 15) is 22.8 Å². The van der Waals surface area contributed by atoms with Crippen LogP contribution in [0.4, 0.5) is 24.7 Å². The van der Waals surface area contributed by atoms with Crippen molar-refractivity contribution < 1.29 is 37.4 Å². The lowest BCUT2D eigenvalue weighted by atomic mass is 10.1. The van der Waals surface area contributed by atoms with Crippen molar-refractivity contribution in [1.29, 1.82) is 0 Å². The lowest BCUT2D eigenvalue weighted by molar-refractivity contribution is -0.192. The van der Waals surface area contributed by atoms with Gasteiger partial charge in [-0.3, -0.25) is 14.6 Å². The van der Waals surface area contributed by atoms with E-state index in [1.165, 1.54) is 36.8 Å². The molecule has 11 nitrogen and oxygen atoms in total. The number of ether oxygens (including phenoxy) is 1. The van der Waals surface area contributed by atoms with Crippen LogP contribution in [0.15, 0.2) is 40.8 Å². The first kappa shape index (κ1) is 32.7. The molecule has 0 fully saturated rings. The number of carbonyl (C=O) groups is 3. The Kier molecular flexibility index (Phi) is 10.8. The maximum Gasteiger partial charge on any atom is 0.490 e. The molecule has 0 spiro atoms. The van der Waals surface area contributed by atoms with Gasteiger partial charge in [0.15, 0.2) is 5.96 Å². The summed E-state index contributed by atoms with van der Waals surface area (Å²) < 4.78 is 37.1. The third kappa shape index (κ3) is 8.38. The van der Waals surface area contributed by atoms with Crippen molar-refractivity contribution in [1.82, 2.24) is 9.88 Å². The number of rotatable bonds is 7. The molecule has 0 aliphatic carbocycles. The minimum absolute atomic E-state index is 0.0772. The number of methoxy groups -OCH3 is 1. The van der Waals surface area contributed by atoms with Crippen molar-refractivity contribution in [3.8, 4) is 5.75 Å². The largest absolute Gasteiger partial charge is 0.494 e. The molecule has 2 aromatic heterocycles. The second-order valence-electron chi connectivity index (χ2n) is 8.17. The molecule has 1 aromatic carbocycles. The van der Waals surface area contributed by atoms with Gasteiger partial charge in [-0.25, -0.2) is 9.78 Å². The lowest BCUT2D eigenvalue weighted by Gasteiger charge is -2.17. The van der Waals surface area contributed by atoms with E-state index in [1.54, 1.807) is 17.5 Å². The summed E-state index contributed by atoms with van der Waals surface area (Å²) in [6.07, 6.45) is -3.68. The number of nitrogens with one attached hydrogen (secondary N) is 2. The van der Waals surface area contributed by atoms with Crippen LogP contribution in [0, 0.1) is 0 Å². The van der Waals surface area contributed by atoms with Crippen LogP contribution in [0.5, 0.6) is 5.75 Å². The zero-order valence-electron chi connectivity index (χ0n) is 21.3. The molecule has 0 saturated heterocycles. The number of guanidine groups is 1. The van der Waals surface area contributed by atoms with Gasteiger partial charge in [0.25, 0.3) is 11.8 Å². The van der Waals surface area contributed by atoms with Gasteiger partial charge in [0.05, 0.1) is 35.0 Å². The zero-order chi connectivity index (χ0) is 31.2. The molecule has 4 rings (SSSR count). The minimum Gasteiger partial charge on any atom is -0.494 e. The van der Waals surface area contributed by atoms with Crippen LogP contribution in [0.3, 0.4) is 0 Å². The number of halogens is 6. The molecule has 0 saturated carbocycles. The smallest absolute Gasteiger partial charge is 0.490 e. The van der Waals surface area contributed by atoms with E-state index in [4.69, 9.17) is 55.2 Å². The average molecular weight is 668 g/mol. The number of amides is 2. The van der Waals surface area contributed by atoms with Crippen LogP contribution in [0.2, 0.25) is 15.1 Å². The van der Waals surface area contributed by atoms with Crippen LogP contribution < -0.4 is 21.1 Å². The van der Waals surface area contributed by atoms with Crippen molar-refractivity contribution in [2.75, 3.05) is 30.8 Å². The highest BCUT2D eigenvalue weighted by atomic mass is 35.5. The molecule has 18 heteroatoms. The van der Waals surface area contributed by atoms with E-state index in [2.05, 4.69) is 20.6 Å². The van der Waals surface area contributed by atoms with Gasteiger partial charge < -0.3 is 31.1 Å². The Morgan fingerprint density at radius 3 is 2.38 bits per heavy atom. The van der Waals surface area contributed by atoms with Gasteiger partial charge in [0.2, 0.25) is 0 Å². The van der Waals surface area contributed by atoms with Crippen molar-refractivity contribution >= 4 is 81.4 Å². The fourth-order valence-electron chi connectivity index (χ4n) is 3.36.